The second-order valence-corrected chi connectivity index (χ2v) is 6.73. The van der Waals surface area contributed by atoms with Crippen molar-refractivity contribution in [1.82, 2.24) is 9.78 Å². The minimum atomic E-state index is -0.193. The second kappa shape index (κ2) is 5.79. The molecule has 0 spiro atoms. The summed E-state index contributed by atoms with van der Waals surface area (Å²) in [5.74, 6) is 1.36. The molecule has 3 rings (SSSR count). The van der Waals surface area contributed by atoms with E-state index in [1.807, 2.05) is 10.7 Å². The van der Waals surface area contributed by atoms with Crippen molar-refractivity contribution in [2.75, 3.05) is 11.9 Å². The number of aromatic nitrogens is 2. The van der Waals surface area contributed by atoms with Crippen molar-refractivity contribution < 1.29 is 4.39 Å². The van der Waals surface area contributed by atoms with Gasteiger partial charge < -0.3 is 5.32 Å². The fourth-order valence-electron chi connectivity index (χ4n) is 2.83. The maximum absolute atomic E-state index is 13.5. The van der Waals surface area contributed by atoms with Crippen molar-refractivity contribution in [1.29, 1.82) is 0 Å². The predicted molar refractivity (Wildman–Crippen MR) is 86.1 cm³/mol. The highest BCUT2D eigenvalue weighted by molar-refractivity contribution is 9.10. The molecule has 5 heteroatoms. The van der Waals surface area contributed by atoms with E-state index in [4.69, 9.17) is 5.10 Å². The Morgan fingerprint density at radius 2 is 2.29 bits per heavy atom. The Morgan fingerprint density at radius 3 is 3.00 bits per heavy atom. The smallest absolute Gasteiger partial charge is 0.139 e. The summed E-state index contributed by atoms with van der Waals surface area (Å²) in [6.45, 7) is 5.23. The summed E-state index contributed by atoms with van der Waals surface area (Å²) < 4.78 is 16.5. The molecule has 0 saturated carbocycles. The molecule has 0 bridgehead atoms. The van der Waals surface area contributed by atoms with Gasteiger partial charge in [0, 0.05) is 6.54 Å². The first-order valence-corrected chi connectivity index (χ1v) is 8.11. The van der Waals surface area contributed by atoms with Crippen molar-refractivity contribution in [3.63, 3.8) is 0 Å². The average molecular weight is 352 g/mol. The molecule has 1 aliphatic rings. The molecule has 1 atom stereocenters. The van der Waals surface area contributed by atoms with Gasteiger partial charge in [0.25, 0.3) is 0 Å². The van der Waals surface area contributed by atoms with Crippen molar-refractivity contribution in [3.05, 3.63) is 45.8 Å². The normalized spacial score (nSPS) is 17.7. The Morgan fingerprint density at radius 1 is 1.48 bits per heavy atom. The summed E-state index contributed by atoms with van der Waals surface area (Å²) in [7, 11) is 0. The molecular weight excluding hydrogens is 333 g/mol. The zero-order valence-electron chi connectivity index (χ0n) is 12.2. The van der Waals surface area contributed by atoms with Crippen LogP contribution in [0.5, 0.6) is 0 Å². The van der Waals surface area contributed by atoms with E-state index < -0.39 is 0 Å². The molecule has 112 valence electrons. The van der Waals surface area contributed by atoms with Gasteiger partial charge in [-0.15, -0.1) is 0 Å². The number of fused-ring (bicyclic) bond motifs is 1. The SMILES string of the molecule is CC(C)Cc1nn2c(c1Br)NCCC2c1cccc(F)c1. The zero-order chi connectivity index (χ0) is 15.0. The van der Waals surface area contributed by atoms with E-state index in [0.717, 1.165) is 40.9 Å². The summed E-state index contributed by atoms with van der Waals surface area (Å²) in [5.41, 5.74) is 2.04. The first kappa shape index (κ1) is 14.6. The molecule has 1 aromatic heterocycles. The van der Waals surface area contributed by atoms with E-state index in [1.54, 1.807) is 12.1 Å². The zero-order valence-corrected chi connectivity index (χ0v) is 13.8. The van der Waals surface area contributed by atoms with Crippen molar-refractivity contribution in [3.8, 4) is 0 Å². The monoisotopic (exact) mass is 351 g/mol. The molecule has 0 fully saturated rings. The van der Waals surface area contributed by atoms with Gasteiger partial charge >= 0.3 is 0 Å². The van der Waals surface area contributed by atoms with E-state index in [9.17, 15) is 4.39 Å². The summed E-state index contributed by atoms with van der Waals surface area (Å²) >= 11 is 3.66. The number of nitrogens with zero attached hydrogens (tertiary/aromatic N) is 2. The molecule has 2 heterocycles. The number of benzene rings is 1. The molecule has 0 amide bonds. The lowest BCUT2D eigenvalue weighted by Crippen LogP contribution is -2.24. The van der Waals surface area contributed by atoms with Crippen LogP contribution >= 0.6 is 15.9 Å². The van der Waals surface area contributed by atoms with Crippen LogP contribution in [-0.2, 0) is 6.42 Å². The van der Waals surface area contributed by atoms with Gasteiger partial charge in [0.05, 0.1) is 16.2 Å². The first-order valence-electron chi connectivity index (χ1n) is 7.32. The van der Waals surface area contributed by atoms with Gasteiger partial charge in [0.15, 0.2) is 0 Å². The fourth-order valence-corrected chi connectivity index (χ4v) is 3.40. The second-order valence-electron chi connectivity index (χ2n) is 5.94. The molecular formula is C16H19BrFN3. The molecule has 3 nitrogen and oxygen atoms in total. The maximum atomic E-state index is 13.5. The minimum absolute atomic E-state index is 0.0918. The van der Waals surface area contributed by atoms with Crippen molar-refractivity contribution >= 4 is 21.7 Å². The quantitative estimate of drug-likeness (QED) is 0.888. The van der Waals surface area contributed by atoms with Crippen LogP contribution in [0.1, 0.15) is 37.6 Å². The summed E-state index contributed by atoms with van der Waals surface area (Å²) in [4.78, 5) is 0. The topological polar surface area (TPSA) is 29.9 Å². The Bertz CT molecular complexity index is 651. The Labute approximate surface area is 132 Å². The van der Waals surface area contributed by atoms with Gasteiger partial charge in [-0.25, -0.2) is 9.07 Å². The van der Waals surface area contributed by atoms with Crippen LogP contribution in [0.15, 0.2) is 28.7 Å². The molecule has 0 radical (unpaired) electrons. The van der Waals surface area contributed by atoms with E-state index in [1.165, 1.54) is 6.07 Å². The number of hydrogen-bond acceptors (Lipinski definition) is 2. The van der Waals surface area contributed by atoms with Gasteiger partial charge in [-0.1, -0.05) is 26.0 Å². The number of anilines is 1. The molecule has 0 aliphatic carbocycles. The largest absolute Gasteiger partial charge is 0.369 e. The standard InChI is InChI=1S/C16H19BrFN3/c1-10(2)8-13-15(17)16-19-7-6-14(21(16)20-13)11-4-3-5-12(18)9-11/h3-5,9-10,14,19H,6-8H2,1-2H3. The van der Waals surface area contributed by atoms with Crippen LogP contribution in [0.3, 0.4) is 0 Å². The molecule has 0 saturated heterocycles. The third kappa shape index (κ3) is 2.84. The van der Waals surface area contributed by atoms with Crippen LogP contribution in [0.25, 0.3) is 0 Å². The summed E-state index contributed by atoms with van der Waals surface area (Å²) in [6, 6.07) is 6.92. The molecule has 1 N–H and O–H groups in total. The first-order chi connectivity index (χ1) is 10.1. The van der Waals surface area contributed by atoms with Crippen molar-refractivity contribution in [2.45, 2.75) is 32.7 Å². The third-order valence-electron chi connectivity index (χ3n) is 3.76. The predicted octanol–water partition coefficient (Wildman–Crippen LogP) is 4.39. The lowest BCUT2D eigenvalue weighted by molar-refractivity contribution is 0.471. The van der Waals surface area contributed by atoms with Gasteiger partial charge in [0.1, 0.15) is 11.6 Å². The van der Waals surface area contributed by atoms with E-state index >= 15 is 0 Å². The number of nitrogens with one attached hydrogen (secondary N) is 1. The molecule has 1 unspecified atom stereocenters. The van der Waals surface area contributed by atoms with Crippen LogP contribution < -0.4 is 5.32 Å². The third-order valence-corrected chi connectivity index (χ3v) is 4.59. The highest BCUT2D eigenvalue weighted by atomic mass is 79.9. The number of halogens is 2. The molecule has 2 aromatic rings. The van der Waals surface area contributed by atoms with Gasteiger partial charge in [-0.3, -0.25) is 0 Å². The Balaban J connectivity index is 2.02. The lowest BCUT2D eigenvalue weighted by atomic mass is 10.0. The number of hydrogen-bond donors (Lipinski definition) is 1. The molecule has 1 aliphatic heterocycles. The van der Waals surface area contributed by atoms with Crippen molar-refractivity contribution in [2.24, 2.45) is 5.92 Å². The number of rotatable bonds is 3. The molecule has 21 heavy (non-hydrogen) atoms. The summed E-state index contributed by atoms with van der Waals surface area (Å²) in [5, 5.41) is 8.16. The van der Waals surface area contributed by atoms with Crippen LogP contribution in [0.4, 0.5) is 10.2 Å². The summed E-state index contributed by atoms with van der Waals surface area (Å²) in [6.07, 6.45) is 1.84. The highest BCUT2D eigenvalue weighted by Gasteiger charge is 2.26. The Kier molecular flexibility index (Phi) is 4.02. The van der Waals surface area contributed by atoms with E-state index in [-0.39, 0.29) is 11.9 Å². The van der Waals surface area contributed by atoms with Gasteiger partial charge in [-0.2, -0.15) is 5.10 Å². The maximum Gasteiger partial charge on any atom is 0.139 e. The Hall–Kier alpha value is -1.36. The highest BCUT2D eigenvalue weighted by Crippen LogP contribution is 2.36. The fraction of sp³-hybridized carbons (Fsp3) is 0.438. The van der Waals surface area contributed by atoms with Crippen LogP contribution in [0, 0.1) is 11.7 Å². The van der Waals surface area contributed by atoms with Crippen LogP contribution in [-0.4, -0.2) is 16.3 Å². The van der Waals surface area contributed by atoms with Gasteiger partial charge in [0.2, 0.25) is 0 Å². The molecule has 1 aromatic carbocycles. The minimum Gasteiger partial charge on any atom is -0.369 e. The lowest BCUT2D eigenvalue weighted by Gasteiger charge is -2.26. The average Bonchev–Trinajstić information content (AvgIpc) is 2.75. The van der Waals surface area contributed by atoms with E-state index in [0.29, 0.717) is 5.92 Å². The van der Waals surface area contributed by atoms with E-state index in [2.05, 4.69) is 35.1 Å². The van der Waals surface area contributed by atoms with Crippen LogP contribution in [0.2, 0.25) is 0 Å². The van der Waals surface area contributed by atoms with Gasteiger partial charge in [-0.05, 0) is 52.4 Å².